The minimum absolute atomic E-state index is 0.0284. The van der Waals surface area contributed by atoms with Gasteiger partial charge in [0.1, 0.15) is 0 Å². The number of nitrogens with zero attached hydrogens (tertiary/aromatic N) is 3. The van der Waals surface area contributed by atoms with Crippen molar-refractivity contribution in [2.75, 3.05) is 39.3 Å². The molecule has 2 aliphatic heterocycles. The summed E-state index contributed by atoms with van der Waals surface area (Å²) in [5.41, 5.74) is 0.584. The molecule has 0 aromatic heterocycles. The van der Waals surface area contributed by atoms with Crippen LogP contribution in [0.3, 0.4) is 0 Å². The highest BCUT2D eigenvalue weighted by Gasteiger charge is 2.38. The molecule has 8 heteroatoms. The number of benzene rings is 1. The summed E-state index contributed by atoms with van der Waals surface area (Å²) < 4.78 is 27.5. The van der Waals surface area contributed by atoms with Crippen LogP contribution in [0.2, 0.25) is 0 Å². The van der Waals surface area contributed by atoms with Crippen molar-refractivity contribution in [2.24, 2.45) is 0 Å². The van der Waals surface area contributed by atoms with Crippen molar-refractivity contribution < 1.29 is 18.0 Å². The summed E-state index contributed by atoms with van der Waals surface area (Å²) in [5, 5.41) is -0.576. The lowest BCUT2D eigenvalue weighted by Gasteiger charge is -2.38. The zero-order valence-electron chi connectivity index (χ0n) is 15.0. The molecular weight excluding hydrogens is 354 g/mol. The average molecular weight is 379 g/mol. The quantitative estimate of drug-likeness (QED) is 0.778. The maximum Gasteiger partial charge on any atom is 0.253 e. The molecule has 0 bridgehead atoms. The van der Waals surface area contributed by atoms with Crippen molar-refractivity contribution in [3.05, 3.63) is 35.9 Å². The molecule has 0 N–H and O–H groups in total. The molecule has 2 saturated heterocycles. The number of amides is 2. The second kappa shape index (κ2) is 7.75. The van der Waals surface area contributed by atoms with Crippen LogP contribution in [0, 0.1) is 0 Å². The zero-order chi connectivity index (χ0) is 18.7. The molecule has 2 heterocycles. The van der Waals surface area contributed by atoms with E-state index in [2.05, 4.69) is 0 Å². The Balaban J connectivity index is 1.67. The van der Waals surface area contributed by atoms with E-state index in [0.29, 0.717) is 51.1 Å². The lowest BCUT2D eigenvalue weighted by Crippen LogP contribution is -2.55. The third-order valence-corrected chi connectivity index (χ3v) is 7.46. The molecule has 1 aromatic carbocycles. The zero-order valence-corrected chi connectivity index (χ0v) is 15.8. The van der Waals surface area contributed by atoms with Crippen LogP contribution in [0.25, 0.3) is 0 Å². The Morgan fingerprint density at radius 2 is 1.62 bits per heavy atom. The third-order valence-electron chi connectivity index (χ3n) is 5.15. The maximum atomic E-state index is 13.0. The van der Waals surface area contributed by atoms with Crippen LogP contribution in [0.5, 0.6) is 0 Å². The van der Waals surface area contributed by atoms with Gasteiger partial charge in [-0.05, 0) is 25.0 Å². The van der Waals surface area contributed by atoms with E-state index >= 15 is 0 Å². The summed E-state index contributed by atoms with van der Waals surface area (Å²) in [5.74, 6) is -0.147. The number of hydrogen-bond donors (Lipinski definition) is 0. The Bertz CT molecular complexity index is 758. The van der Waals surface area contributed by atoms with Crippen molar-refractivity contribution in [3.8, 4) is 0 Å². The van der Waals surface area contributed by atoms with Crippen molar-refractivity contribution in [2.45, 2.75) is 25.0 Å². The van der Waals surface area contributed by atoms with Gasteiger partial charge in [-0.1, -0.05) is 18.2 Å². The maximum absolute atomic E-state index is 13.0. The van der Waals surface area contributed by atoms with E-state index in [-0.39, 0.29) is 18.4 Å². The Hall–Kier alpha value is -1.93. The Morgan fingerprint density at radius 3 is 2.23 bits per heavy atom. The number of piperazine rings is 1. The first-order valence-corrected chi connectivity index (χ1v) is 10.5. The molecule has 0 spiro atoms. The van der Waals surface area contributed by atoms with Gasteiger partial charge in [-0.25, -0.2) is 8.42 Å². The van der Waals surface area contributed by atoms with Crippen LogP contribution < -0.4 is 0 Å². The molecule has 0 radical (unpaired) electrons. The van der Waals surface area contributed by atoms with Gasteiger partial charge in [0.25, 0.3) is 5.91 Å². The number of sulfonamides is 1. The molecular formula is C18H25N3O4S. The van der Waals surface area contributed by atoms with Crippen LogP contribution in [-0.2, 0) is 14.8 Å². The van der Waals surface area contributed by atoms with Gasteiger partial charge >= 0.3 is 0 Å². The van der Waals surface area contributed by atoms with E-state index < -0.39 is 15.3 Å². The van der Waals surface area contributed by atoms with Crippen molar-refractivity contribution >= 4 is 21.8 Å². The predicted molar refractivity (Wildman–Crippen MR) is 98.1 cm³/mol. The SMILES string of the molecule is CC(=O)N1CCN(S(=O)(=O)[C@H]2CCCN(C(=O)c3ccccc3)C2)CC1. The first-order valence-electron chi connectivity index (χ1n) is 8.98. The molecule has 26 heavy (non-hydrogen) atoms. The lowest BCUT2D eigenvalue weighted by molar-refractivity contribution is -0.129. The van der Waals surface area contributed by atoms with Gasteiger partial charge in [0.05, 0.1) is 5.25 Å². The minimum Gasteiger partial charge on any atom is -0.340 e. The fourth-order valence-corrected chi connectivity index (χ4v) is 5.52. The smallest absolute Gasteiger partial charge is 0.253 e. The van der Waals surface area contributed by atoms with Gasteiger partial charge in [0, 0.05) is 51.8 Å². The van der Waals surface area contributed by atoms with Gasteiger partial charge in [-0.15, -0.1) is 0 Å². The second-order valence-corrected chi connectivity index (χ2v) is 9.04. The van der Waals surface area contributed by atoms with Gasteiger partial charge in [-0.2, -0.15) is 4.31 Å². The lowest BCUT2D eigenvalue weighted by atomic mass is 10.1. The number of piperidine rings is 1. The molecule has 2 amide bonds. The molecule has 1 aromatic rings. The van der Waals surface area contributed by atoms with E-state index in [9.17, 15) is 18.0 Å². The van der Waals surface area contributed by atoms with Gasteiger partial charge < -0.3 is 9.80 Å². The number of carbonyl (C=O) groups excluding carboxylic acids is 2. The third kappa shape index (κ3) is 3.91. The summed E-state index contributed by atoms with van der Waals surface area (Å²) in [6.07, 6.45) is 1.24. The molecule has 0 unspecified atom stereocenters. The normalized spacial score (nSPS) is 22.3. The fourth-order valence-electron chi connectivity index (χ4n) is 3.60. The highest BCUT2D eigenvalue weighted by molar-refractivity contribution is 7.89. The van der Waals surface area contributed by atoms with Gasteiger partial charge in [-0.3, -0.25) is 9.59 Å². The van der Waals surface area contributed by atoms with Crippen molar-refractivity contribution in [1.82, 2.24) is 14.1 Å². The Kier molecular flexibility index (Phi) is 5.62. The van der Waals surface area contributed by atoms with Crippen LogP contribution in [0.1, 0.15) is 30.1 Å². The molecule has 142 valence electrons. The van der Waals surface area contributed by atoms with Crippen LogP contribution in [-0.4, -0.2) is 78.9 Å². The molecule has 7 nitrogen and oxygen atoms in total. The minimum atomic E-state index is -3.48. The summed E-state index contributed by atoms with van der Waals surface area (Å²) in [6.45, 7) is 3.80. The fraction of sp³-hybridized carbons (Fsp3) is 0.556. The monoisotopic (exact) mass is 379 g/mol. The number of likely N-dealkylation sites (tertiary alicyclic amines) is 1. The van der Waals surface area contributed by atoms with Gasteiger partial charge in [0.15, 0.2) is 0 Å². The van der Waals surface area contributed by atoms with E-state index in [0.717, 1.165) is 0 Å². The van der Waals surface area contributed by atoms with Crippen LogP contribution in [0.4, 0.5) is 0 Å². The molecule has 3 rings (SSSR count). The summed E-state index contributed by atoms with van der Waals surface area (Å²) in [6, 6.07) is 8.96. The molecule has 2 aliphatic rings. The Morgan fingerprint density at radius 1 is 0.962 bits per heavy atom. The van der Waals surface area contributed by atoms with Crippen molar-refractivity contribution in [1.29, 1.82) is 0 Å². The van der Waals surface area contributed by atoms with Gasteiger partial charge in [0.2, 0.25) is 15.9 Å². The highest BCUT2D eigenvalue weighted by atomic mass is 32.2. The molecule has 1 atom stereocenters. The summed E-state index contributed by atoms with van der Waals surface area (Å²) in [4.78, 5) is 27.4. The summed E-state index contributed by atoms with van der Waals surface area (Å²) >= 11 is 0. The summed E-state index contributed by atoms with van der Waals surface area (Å²) in [7, 11) is -3.48. The highest BCUT2D eigenvalue weighted by Crippen LogP contribution is 2.23. The van der Waals surface area contributed by atoms with E-state index in [1.807, 2.05) is 6.07 Å². The number of carbonyl (C=O) groups is 2. The number of rotatable bonds is 3. The second-order valence-electron chi connectivity index (χ2n) is 6.83. The average Bonchev–Trinajstić information content (AvgIpc) is 2.68. The largest absolute Gasteiger partial charge is 0.340 e. The first-order chi connectivity index (χ1) is 12.4. The molecule has 0 aliphatic carbocycles. The standard InChI is InChI=1S/C18H25N3O4S/c1-15(22)19-10-12-21(13-11-19)26(24,25)17-8-5-9-20(14-17)18(23)16-6-3-2-4-7-16/h2-4,6-7,17H,5,8-14H2,1H3/t17-/m0/s1. The predicted octanol–water partition coefficient (Wildman–Crippen LogP) is 0.785. The van der Waals surface area contributed by atoms with E-state index in [1.54, 1.807) is 34.1 Å². The Labute approximate surface area is 154 Å². The number of hydrogen-bond acceptors (Lipinski definition) is 4. The topological polar surface area (TPSA) is 78.0 Å². The molecule has 0 saturated carbocycles. The van der Waals surface area contributed by atoms with Crippen LogP contribution in [0.15, 0.2) is 30.3 Å². The van der Waals surface area contributed by atoms with E-state index in [4.69, 9.17) is 0 Å². The van der Waals surface area contributed by atoms with Crippen LogP contribution >= 0.6 is 0 Å². The van der Waals surface area contributed by atoms with E-state index in [1.165, 1.54) is 11.2 Å². The first kappa shape index (κ1) is 18.8. The van der Waals surface area contributed by atoms with Crippen molar-refractivity contribution in [3.63, 3.8) is 0 Å². The molecule has 2 fully saturated rings.